The van der Waals surface area contributed by atoms with E-state index in [1.165, 1.54) is 12.7 Å². The molecule has 1 atom stereocenters. The number of phenolic OH excluding ortho intramolecular Hbond substituents is 1. The van der Waals surface area contributed by atoms with Gasteiger partial charge in [-0.25, -0.2) is 4.98 Å². The van der Waals surface area contributed by atoms with Crippen LogP contribution in [0.25, 0.3) is 0 Å². The Morgan fingerprint density at radius 1 is 1.23 bits per heavy atom. The molecule has 0 aliphatic carbocycles. The molecule has 188 valence electrons. The minimum atomic E-state index is -0.847. The number of phenols is 1. The summed E-state index contributed by atoms with van der Waals surface area (Å²) in [5.41, 5.74) is 3.05. The molecule has 8 nitrogen and oxygen atoms in total. The van der Waals surface area contributed by atoms with Crippen LogP contribution in [0, 0.1) is 5.92 Å². The highest BCUT2D eigenvalue weighted by atomic mass is 16.5. The summed E-state index contributed by atoms with van der Waals surface area (Å²) in [5, 5.41) is 22.7. The molecular weight excluding hydrogens is 446 g/mol. The van der Waals surface area contributed by atoms with E-state index in [4.69, 9.17) is 9.72 Å². The lowest BCUT2D eigenvalue weighted by molar-refractivity contribution is -0.137. The molecule has 0 unspecified atom stereocenters. The smallest absolute Gasteiger partial charge is 0.303 e. The Kier molecular flexibility index (Phi) is 8.10. The Balaban J connectivity index is 1.29. The second-order valence-electron chi connectivity index (χ2n) is 9.63. The molecule has 1 fully saturated rings. The molecule has 3 N–H and O–H groups in total. The molecule has 35 heavy (non-hydrogen) atoms. The van der Waals surface area contributed by atoms with Crippen molar-refractivity contribution in [3.8, 4) is 11.5 Å². The molecule has 2 aromatic rings. The third-order valence-corrected chi connectivity index (χ3v) is 7.23. The third-order valence-electron chi connectivity index (χ3n) is 7.23. The zero-order chi connectivity index (χ0) is 24.8. The van der Waals surface area contributed by atoms with E-state index in [2.05, 4.69) is 11.4 Å². The monoisotopic (exact) mass is 481 g/mol. The van der Waals surface area contributed by atoms with Crippen LogP contribution in [0.3, 0.4) is 0 Å². The summed E-state index contributed by atoms with van der Waals surface area (Å²) >= 11 is 0. The van der Waals surface area contributed by atoms with Gasteiger partial charge in [0.1, 0.15) is 5.82 Å². The van der Waals surface area contributed by atoms with Gasteiger partial charge in [-0.1, -0.05) is 12.1 Å². The molecule has 2 aliphatic rings. The third kappa shape index (κ3) is 6.44. The number of carbonyl (C=O) groups is 2. The molecule has 1 aromatic carbocycles. The number of nitrogens with zero attached hydrogens (tertiary/aromatic N) is 2. The summed E-state index contributed by atoms with van der Waals surface area (Å²) in [4.78, 5) is 31.0. The van der Waals surface area contributed by atoms with Crippen molar-refractivity contribution in [1.29, 1.82) is 0 Å². The van der Waals surface area contributed by atoms with Gasteiger partial charge in [-0.15, -0.1) is 0 Å². The van der Waals surface area contributed by atoms with Gasteiger partial charge < -0.3 is 25.2 Å². The SMILES string of the molecule is COc1cc([C@H](CC(=O)O)CC2CCN(C(=O)CCc3ccc4c(n3)NCCC4)CC2)ccc1O. The first-order chi connectivity index (χ1) is 16.9. The Morgan fingerprint density at radius 2 is 2.03 bits per heavy atom. The number of methoxy groups -OCH3 is 1. The molecule has 0 radical (unpaired) electrons. The first-order valence-corrected chi connectivity index (χ1v) is 12.5. The van der Waals surface area contributed by atoms with Crippen LogP contribution in [0.2, 0.25) is 0 Å². The highest BCUT2D eigenvalue weighted by Crippen LogP contribution is 2.36. The number of amides is 1. The van der Waals surface area contributed by atoms with Crippen LogP contribution in [0.5, 0.6) is 11.5 Å². The zero-order valence-electron chi connectivity index (χ0n) is 20.3. The first-order valence-electron chi connectivity index (χ1n) is 12.5. The van der Waals surface area contributed by atoms with Gasteiger partial charge >= 0.3 is 5.97 Å². The van der Waals surface area contributed by atoms with E-state index in [1.807, 2.05) is 11.0 Å². The predicted octanol–water partition coefficient (Wildman–Crippen LogP) is 3.97. The summed E-state index contributed by atoms with van der Waals surface area (Å²) in [6, 6.07) is 9.21. The van der Waals surface area contributed by atoms with E-state index in [0.29, 0.717) is 37.6 Å². The lowest BCUT2D eigenvalue weighted by Crippen LogP contribution is -2.39. The van der Waals surface area contributed by atoms with Crippen molar-refractivity contribution in [2.45, 2.75) is 57.3 Å². The van der Waals surface area contributed by atoms with Crippen molar-refractivity contribution in [2.24, 2.45) is 5.92 Å². The van der Waals surface area contributed by atoms with Gasteiger partial charge in [-0.05, 0) is 79.7 Å². The maximum Gasteiger partial charge on any atom is 0.303 e. The van der Waals surface area contributed by atoms with Crippen molar-refractivity contribution in [2.75, 3.05) is 32.1 Å². The second kappa shape index (κ2) is 11.4. The second-order valence-corrected chi connectivity index (χ2v) is 9.63. The molecule has 0 saturated carbocycles. The number of nitrogens with one attached hydrogen (secondary N) is 1. The van der Waals surface area contributed by atoms with E-state index < -0.39 is 5.97 Å². The largest absolute Gasteiger partial charge is 0.504 e. The van der Waals surface area contributed by atoms with E-state index in [0.717, 1.165) is 55.7 Å². The van der Waals surface area contributed by atoms with Crippen LogP contribution < -0.4 is 10.1 Å². The number of likely N-dealkylation sites (tertiary alicyclic amines) is 1. The number of fused-ring (bicyclic) bond motifs is 1. The molecular formula is C27H35N3O5. The molecule has 1 saturated heterocycles. The Hall–Kier alpha value is -3.29. The molecule has 1 aromatic heterocycles. The van der Waals surface area contributed by atoms with Gasteiger partial charge in [-0.2, -0.15) is 0 Å². The number of carboxylic acid groups (broad SMARTS) is 1. The van der Waals surface area contributed by atoms with Crippen LogP contribution in [0.1, 0.15) is 61.3 Å². The van der Waals surface area contributed by atoms with E-state index in [9.17, 15) is 19.8 Å². The average Bonchev–Trinajstić information content (AvgIpc) is 2.87. The van der Waals surface area contributed by atoms with Crippen molar-refractivity contribution in [3.63, 3.8) is 0 Å². The number of aromatic hydroxyl groups is 1. The van der Waals surface area contributed by atoms with Crippen LogP contribution in [-0.4, -0.2) is 58.7 Å². The number of ether oxygens (including phenoxy) is 1. The van der Waals surface area contributed by atoms with Crippen LogP contribution in [0.15, 0.2) is 30.3 Å². The molecule has 3 heterocycles. The lowest BCUT2D eigenvalue weighted by Gasteiger charge is -2.34. The fourth-order valence-corrected chi connectivity index (χ4v) is 5.22. The van der Waals surface area contributed by atoms with Crippen molar-refractivity contribution in [3.05, 3.63) is 47.2 Å². The minimum absolute atomic E-state index is 0.0235. The normalized spacial score (nSPS) is 16.8. The first kappa shape index (κ1) is 24.8. The maximum atomic E-state index is 12.8. The van der Waals surface area contributed by atoms with Gasteiger partial charge in [0.2, 0.25) is 5.91 Å². The quantitative estimate of drug-likeness (QED) is 0.497. The number of benzene rings is 1. The maximum absolute atomic E-state index is 12.8. The van der Waals surface area contributed by atoms with E-state index in [1.54, 1.807) is 18.2 Å². The van der Waals surface area contributed by atoms with Crippen molar-refractivity contribution in [1.82, 2.24) is 9.88 Å². The summed E-state index contributed by atoms with van der Waals surface area (Å²) in [5.74, 6) is 0.835. The van der Waals surface area contributed by atoms with Gasteiger partial charge in [0.25, 0.3) is 0 Å². The summed E-state index contributed by atoms with van der Waals surface area (Å²) in [6.07, 6.45) is 5.74. The standard InChI is InChI=1S/C27H35N3O5/c1-35-24-16-20(5-8-23(24)31)21(17-26(33)34)15-18-10-13-30(14-11-18)25(32)9-7-22-6-4-19-3-2-12-28-27(19)29-22/h4-6,8,16,18,21,31H,2-3,7,9-15,17H2,1H3,(H,28,29)(H,33,34)/t21-/m0/s1. The highest BCUT2D eigenvalue weighted by Gasteiger charge is 2.27. The summed E-state index contributed by atoms with van der Waals surface area (Å²) < 4.78 is 5.20. The van der Waals surface area contributed by atoms with Gasteiger partial charge in [-0.3, -0.25) is 9.59 Å². The number of aromatic nitrogens is 1. The Labute approximate surface area is 206 Å². The Bertz CT molecular complexity index is 1050. The van der Waals surface area contributed by atoms with Crippen LogP contribution >= 0.6 is 0 Å². The number of carbonyl (C=O) groups excluding carboxylic acids is 1. The lowest BCUT2D eigenvalue weighted by atomic mass is 9.82. The van der Waals surface area contributed by atoms with Crippen molar-refractivity contribution < 1.29 is 24.5 Å². The average molecular weight is 482 g/mol. The topological polar surface area (TPSA) is 112 Å². The molecule has 4 rings (SSSR count). The number of carboxylic acids is 1. The molecule has 1 amide bonds. The Morgan fingerprint density at radius 3 is 2.77 bits per heavy atom. The molecule has 8 heteroatoms. The number of rotatable bonds is 9. The molecule has 0 spiro atoms. The zero-order valence-corrected chi connectivity index (χ0v) is 20.3. The number of pyridine rings is 1. The summed E-state index contributed by atoms with van der Waals surface area (Å²) in [6.45, 7) is 2.34. The number of hydrogen-bond acceptors (Lipinski definition) is 6. The number of aryl methyl sites for hydroxylation is 2. The van der Waals surface area contributed by atoms with Crippen LogP contribution in [0.4, 0.5) is 5.82 Å². The predicted molar refractivity (Wildman–Crippen MR) is 133 cm³/mol. The number of anilines is 1. The minimum Gasteiger partial charge on any atom is -0.504 e. The van der Waals surface area contributed by atoms with Gasteiger partial charge in [0, 0.05) is 31.7 Å². The van der Waals surface area contributed by atoms with Crippen molar-refractivity contribution >= 4 is 17.7 Å². The molecule has 0 bridgehead atoms. The van der Waals surface area contributed by atoms with E-state index in [-0.39, 0.29) is 24.0 Å². The number of hydrogen-bond donors (Lipinski definition) is 3. The highest BCUT2D eigenvalue weighted by molar-refractivity contribution is 5.76. The number of aliphatic carboxylic acids is 1. The number of piperidine rings is 1. The fourth-order valence-electron chi connectivity index (χ4n) is 5.22. The molecule has 2 aliphatic heterocycles. The fraction of sp³-hybridized carbons (Fsp3) is 0.519. The van der Waals surface area contributed by atoms with E-state index >= 15 is 0 Å². The van der Waals surface area contributed by atoms with Gasteiger partial charge in [0.15, 0.2) is 11.5 Å². The van der Waals surface area contributed by atoms with Crippen LogP contribution in [-0.2, 0) is 22.4 Å². The van der Waals surface area contributed by atoms with Gasteiger partial charge in [0.05, 0.1) is 13.5 Å². The summed E-state index contributed by atoms with van der Waals surface area (Å²) in [7, 11) is 1.48.